The van der Waals surface area contributed by atoms with Crippen molar-refractivity contribution in [1.82, 2.24) is 0 Å². The predicted octanol–water partition coefficient (Wildman–Crippen LogP) is 2.40. The van der Waals surface area contributed by atoms with E-state index in [0.29, 0.717) is 5.56 Å². The number of rotatable bonds is 2. The fourth-order valence-corrected chi connectivity index (χ4v) is 1.16. The molecule has 0 radical (unpaired) electrons. The number of halogens is 1. The van der Waals surface area contributed by atoms with Gasteiger partial charge in [0, 0.05) is 10.0 Å². The van der Waals surface area contributed by atoms with Gasteiger partial charge in [0.05, 0.1) is 0 Å². The molecule has 0 saturated carbocycles. The van der Waals surface area contributed by atoms with Gasteiger partial charge in [-0.25, -0.2) is 0 Å². The van der Waals surface area contributed by atoms with Crippen molar-refractivity contribution in [1.29, 1.82) is 10.8 Å². The summed E-state index contributed by atoms with van der Waals surface area (Å²) in [6.07, 6.45) is 0.739. The molecule has 2 N–H and O–H groups in total. The first-order valence-electron chi connectivity index (χ1n) is 3.24. The second-order valence-corrected chi connectivity index (χ2v) is 2.99. The zero-order valence-electron chi connectivity index (χ0n) is 6.17. The minimum atomic E-state index is -0.0219. The molecule has 3 nitrogen and oxygen atoms in total. The van der Waals surface area contributed by atoms with Gasteiger partial charge < -0.3 is 4.74 Å². The van der Waals surface area contributed by atoms with Gasteiger partial charge in [-0.3, -0.25) is 10.8 Å². The molecule has 0 amide bonds. The van der Waals surface area contributed by atoms with Crippen LogP contribution in [0.15, 0.2) is 28.7 Å². The van der Waals surface area contributed by atoms with E-state index in [1.54, 1.807) is 18.2 Å². The Morgan fingerprint density at radius 1 is 1.50 bits per heavy atom. The maximum absolute atomic E-state index is 7.33. The molecule has 1 rings (SSSR count). The molecule has 0 aromatic heterocycles. The minimum Gasteiger partial charge on any atom is -0.428 e. The highest BCUT2D eigenvalue weighted by atomic mass is 79.9. The summed E-state index contributed by atoms with van der Waals surface area (Å²) >= 11 is 3.27. The van der Waals surface area contributed by atoms with Crippen LogP contribution < -0.4 is 0 Å². The van der Waals surface area contributed by atoms with Crippen LogP contribution in [-0.2, 0) is 4.74 Å². The first kappa shape index (κ1) is 8.93. The molecule has 12 heavy (non-hydrogen) atoms. The summed E-state index contributed by atoms with van der Waals surface area (Å²) < 4.78 is 5.47. The van der Waals surface area contributed by atoms with Crippen LogP contribution in [0.4, 0.5) is 0 Å². The van der Waals surface area contributed by atoms with E-state index in [0.717, 1.165) is 10.9 Å². The Morgan fingerprint density at radius 2 is 2.25 bits per heavy atom. The van der Waals surface area contributed by atoms with E-state index in [9.17, 15) is 0 Å². The Morgan fingerprint density at radius 3 is 2.83 bits per heavy atom. The average molecular weight is 227 g/mol. The Labute approximate surface area is 78.5 Å². The lowest BCUT2D eigenvalue weighted by Gasteiger charge is -2.00. The van der Waals surface area contributed by atoms with E-state index in [2.05, 4.69) is 20.7 Å². The zero-order valence-corrected chi connectivity index (χ0v) is 7.76. The lowest BCUT2D eigenvalue weighted by atomic mass is 10.2. The maximum Gasteiger partial charge on any atom is 0.220 e. The summed E-state index contributed by atoms with van der Waals surface area (Å²) in [5.74, 6) is -0.0219. The molecule has 0 heterocycles. The minimum absolute atomic E-state index is 0.0219. The molecule has 0 bridgehead atoms. The Balaban J connectivity index is 2.87. The Hall–Kier alpha value is -1.16. The second kappa shape index (κ2) is 4.01. The predicted molar refractivity (Wildman–Crippen MR) is 50.8 cm³/mol. The van der Waals surface area contributed by atoms with Gasteiger partial charge in [0.15, 0.2) is 6.40 Å². The monoisotopic (exact) mass is 226 g/mol. The number of ether oxygens (including phenoxy) is 1. The first-order valence-corrected chi connectivity index (χ1v) is 4.03. The number of nitrogens with one attached hydrogen (secondary N) is 2. The topological polar surface area (TPSA) is 56.9 Å². The van der Waals surface area contributed by atoms with Crippen LogP contribution in [0.3, 0.4) is 0 Å². The summed E-state index contributed by atoms with van der Waals surface area (Å²) in [5.41, 5.74) is 0.646. The molecule has 1 aromatic rings. The Bertz CT molecular complexity index is 312. The smallest absolute Gasteiger partial charge is 0.220 e. The molecule has 0 unspecified atom stereocenters. The Kier molecular flexibility index (Phi) is 2.99. The molecule has 1 aromatic carbocycles. The van der Waals surface area contributed by atoms with Crippen molar-refractivity contribution in [3.8, 4) is 0 Å². The highest BCUT2D eigenvalue weighted by molar-refractivity contribution is 9.10. The van der Waals surface area contributed by atoms with Gasteiger partial charge in [-0.05, 0) is 18.2 Å². The molecule has 62 valence electrons. The molecular weight excluding hydrogens is 220 g/mol. The standard InChI is InChI=1S/C8H7BrN2O/c9-7-3-1-2-6(4-7)8(11)12-5-10/h1-5,10-11H. The largest absolute Gasteiger partial charge is 0.428 e. The van der Waals surface area contributed by atoms with Crippen LogP contribution in [0.5, 0.6) is 0 Å². The van der Waals surface area contributed by atoms with Crippen LogP contribution in [0.2, 0.25) is 0 Å². The van der Waals surface area contributed by atoms with Crippen molar-refractivity contribution in [2.75, 3.05) is 0 Å². The van der Waals surface area contributed by atoms with Crippen LogP contribution in [-0.4, -0.2) is 12.3 Å². The second-order valence-electron chi connectivity index (χ2n) is 2.08. The molecule has 0 saturated heterocycles. The lowest BCUT2D eigenvalue weighted by Crippen LogP contribution is -2.02. The van der Waals surface area contributed by atoms with Gasteiger partial charge in [0.1, 0.15) is 0 Å². The molecule has 0 aliphatic carbocycles. The van der Waals surface area contributed by atoms with Crippen LogP contribution >= 0.6 is 15.9 Å². The molecule has 0 aliphatic rings. The van der Waals surface area contributed by atoms with Crippen molar-refractivity contribution >= 4 is 28.2 Å². The van der Waals surface area contributed by atoms with E-state index >= 15 is 0 Å². The molecule has 0 atom stereocenters. The maximum atomic E-state index is 7.33. The summed E-state index contributed by atoms with van der Waals surface area (Å²) in [5, 5.41) is 14.0. The SMILES string of the molecule is N=COC(=N)c1cccc(Br)c1. The molecule has 0 fully saturated rings. The lowest BCUT2D eigenvalue weighted by molar-refractivity contribution is 0.561. The third kappa shape index (κ3) is 2.17. The van der Waals surface area contributed by atoms with Crippen LogP contribution in [0, 0.1) is 10.8 Å². The van der Waals surface area contributed by atoms with Gasteiger partial charge in [-0.15, -0.1) is 0 Å². The zero-order chi connectivity index (χ0) is 8.97. The first-order chi connectivity index (χ1) is 5.74. The van der Waals surface area contributed by atoms with Gasteiger partial charge in [-0.1, -0.05) is 22.0 Å². The number of hydrogen-bond donors (Lipinski definition) is 2. The third-order valence-corrected chi connectivity index (χ3v) is 1.76. The van der Waals surface area contributed by atoms with Crippen LogP contribution in [0.25, 0.3) is 0 Å². The van der Waals surface area contributed by atoms with Crippen molar-refractivity contribution in [3.05, 3.63) is 34.3 Å². The number of hydrogen-bond acceptors (Lipinski definition) is 3. The van der Waals surface area contributed by atoms with Crippen molar-refractivity contribution in [2.45, 2.75) is 0 Å². The molecule has 0 spiro atoms. The molecule has 4 heteroatoms. The highest BCUT2D eigenvalue weighted by Gasteiger charge is 2.00. The quantitative estimate of drug-likeness (QED) is 0.591. The summed E-state index contributed by atoms with van der Waals surface area (Å²) in [6.45, 7) is 0. The van der Waals surface area contributed by atoms with Crippen molar-refractivity contribution in [2.24, 2.45) is 0 Å². The van der Waals surface area contributed by atoms with Gasteiger partial charge in [0.2, 0.25) is 5.90 Å². The van der Waals surface area contributed by atoms with Crippen LogP contribution in [0.1, 0.15) is 5.56 Å². The van der Waals surface area contributed by atoms with Gasteiger partial charge in [0.25, 0.3) is 0 Å². The summed E-state index contributed by atoms with van der Waals surface area (Å²) in [7, 11) is 0. The van der Waals surface area contributed by atoms with E-state index < -0.39 is 0 Å². The molecule has 0 aliphatic heterocycles. The fourth-order valence-electron chi connectivity index (χ4n) is 0.757. The summed E-state index contributed by atoms with van der Waals surface area (Å²) in [4.78, 5) is 0. The van der Waals surface area contributed by atoms with Gasteiger partial charge in [-0.2, -0.15) is 0 Å². The normalized spacial score (nSPS) is 9.08. The van der Waals surface area contributed by atoms with Gasteiger partial charge >= 0.3 is 0 Å². The van der Waals surface area contributed by atoms with Crippen molar-refractivity contribution in [3.63, 3.8) is 0 Å². The third-order valence-electron chi connectivity index (χ3n) is 1.26. The highest BCUT2D eigenvalue weighted by Crippen LogP contribution is 2.11. The van der Waals surface area contributed by atoms with E-state index in [4.69, 9.17) is 10.8 Å². The van der Waals surface area contributed by atoms with E-state index in [1.807, 2.05) is 6.07 Å². The van der Waals surface area contributed by atoms with E-state index in [1.165, 1.54) is 0 Å². The summed E-state index contributed by atoms with van der Waals surface area (Å²) in [6, 6.07) is 7.17. The number of benzene rings is 1. The average Bonchev–Trinajstić information content (AvgIpc) is 2.05. The van der Waals surface area contributed by atoms with Crippen molar-refractivity contribution < 1.29 is 4.74 Å². The fraction of sp³-hybridized carbons (Fsp3) is 0. The molecular formula is C8H7BrN2O. The van der Waals surface area contributed by atoms with E-state index in [-0.39, 0.29) is 5.90 Å².